The van der Waals surface area contributed by atoms with Crippen molar-refractivity contribution in [2.75, 3.05) is 11.5 Å². The van der Waals surface area contributed by atoms with Crippen molar-refractivity contribution in [1.82, 2.24) is 0 Å². The molecule has 4 N–H and O–H groups in total. The minimum absolute atomic E-state index is 0.0584. The molecule has 0 spiro atoms. The molecule has 0 bridgehead atoms. The van der Waals surface area contributed by atoms with E-state index in [2.05, 4.69) is 0 Å². The molecule has 0 aliphatic carbocycles. The monoisotopic (exact) mass is 278 g/mol. The molecule has 0 fully saturated rings. The molecule has 0 saturated heterocycles. The smallest absolute Gasteiger partial charge is 0.339 e. The molecule has 19 heavy (non-hydrogen) atoms. The van der Waals surface area contributed by atoms with Gasteiger partial charge >= 0.3 is 10.1 Å². The van der Waals surface area contributed by atoms with E-state index in [0.717, 1.165) is 0 Å². The minimum atomic E-state index is -3.94. The summed E-state index contributed by atoms with van der Waals surface area (Å²) in [4.78, 5) is -0.0584. The van der Waals surface area contributed by atoms with Gasteiger partial charge in [0.1, 0.15) is 10.6 Å². The normalized spacial score (nSPS) is 11.2. The number of benzene rings is 2. The third kappa shape index (κ3) is 2.79. The van der Waals surface area contributed by atoms with Crippen molar-refractivity contribution in [1.29, 1.82) is 0 Å². The number of hydrogen-bond donors (Lipinski definition) is 2. The molecule has 2 aromatic carbocycles. The maximum Gasteiger partial charge on any atom is 0.339 e. The van der Waals surface area contributed by atoms with Gasteiger partial charge in [0.25, 0.3) is 0 Å². The molecular formula is C13H14N2O3S. The highest BCUT2D eigenvalue weighted by Crippen LogP contribution is 2.26. The second-order valence-corrected chi connectivity index (χ2v) is 5.62. The molecule has 0 saturated carbocycles. The zero-order chi connectivity index (χ0) is 14.0. The zero-order valence-electron chi connectivity index (χ0n) is 10.3. The van der Waals surface area contributed by atoms with Crippen LogP contribution < -0.4 is 15.7 Å². The Morgan fingerprint density at radius 1 is 1.00 bits per heavy atom. The average molecular weight is 278 g/mol. The van der Waals surface area contributed by atoms with Gasteiger partial charge in [0, 0.05) is 11.4 Å². The van der Waals surface area contributed by atoms with Gasteiger partial charge in [-0.2, -0.15) is 8.42 Å². The number of para-hydroxylation sites is 1. The number of rotatable bonds is 3. The molecule has 0 aromatic heterocycles. The van der Waals surface area contributed by atoms with Gasteiger partial charge in [-0.25, -0.2) is 0 Å². The molecule has 0 aliphatic heterocycles. The lowest BCUT2D eigenvalue weighted by atomic mass is 10.2. The predicted octanol–water partition coefficient (Wildman–Crippen LogP) is 1.93. The highest BCUT2D eigenvalue weighted by Gasteiger charge is 2.18. The third-order valence-electron chi connectivity index (χ3n) is 2.70. The fraction of sp³-hybridized carbons (Fsp3) is 0.0769. The van der Waals surface area contributed by atoms with Crippen molar-refractivity contribution in [2.45, 2.75) is 11.8 Å². The molecule has 2 aromatic rings. The van der Waals surface area contributed by atoms with Gasteiger partial charge in [-0.15, -0.1) is 0 Å². The predicted molar refractivity (Wildman–Crippen MR) is 74.3 cm³/mol. The van der Waals surface area contributed by atoms with Crippen molar-refractivity contribution in [3.05, 3.63) is 48.0 Å². The van der Waals surface area contributed by atoms with Crippen LogP contribution in [-0.4, -0.2) is 8.42 Å². The zero-order valence-corrected chi connectivity index (χ0v) is 11.1. The van der Waals surface area contributed by atoms with E-state index < -0.39 is 10.1 Å². The lowest BCUT2D eigenvalue weighted by Crippen LogP contribution is -2.11. The average Bonchev–Trinajstić information content (AvgIpc) is 2.36. The second kappa shape index (κ2) is 4.81. The standard InChI is InChI=1S/C13H14N2O3S/c1-9-12(14)7-11(8-13(9)15)19(16,17)18-10-5-3-2-4-6-10/h2-8H,14-15H2,1H3. The molecule has 2 rings (SSSR count). The van der Waals surface area contributed by atoms with Crippen LogP contribution in [0.25, 0.3) is 0 Å². The van der Waals surface area contributed by atoms with Crippen molar-refractivity contribution in [2.24, 2.45) is 0 Å². The lowest BCUT2D eigenvalue weighted by molar-refractivity contribution is 0.486. The van der Waals surface area contributed by atoms with Crippen molar-refractivity contribution >= 4 is 21.5 Å². The first kappa shape index (κ1) is 13.2. The summed E-state index contributed by atoms with van der Waals surface area (Å²) >= 11 is 0. The van der Waals surface area contributed by atoms with E-state index in [1.165, 1.54) is 12.1 Å². The van der Waals surface area contributed by atoms with E-state index in [1.54, 1.807) is 37.3 Å². The van der Waals surface area contributed by atoms with Crippen molar-refractivity contribution in [3.63, 3.8) is 0 Å². The number of anilines is 2. The van der Waals surface area contributed by atoms with E-state index >= 15 is 0 Å². The molecule has 0 aliphatic rings. The maximum absolute atomic E-state index is 12.1. The van der Waals surface area contributed by atoms with Crippen LogP contribution in [0.15, 0.2) is 47.4 Å². The highest BCUT2D eigenvalue weighted by molar-refractivity contribution is 7.87. The molecular weight excluding hydrogens is 264 g/mol. The fourth-order valence-electron chi connectivity index (χ4n) is 1.53. The van der Waals surface area contributed by atoms with E-state index in [1.807, 2.05) is 0 Å². The van der Waals surface area contributed by atoms with Gasteiger partial charge in [0.2, 0.25) is 0 Å². The van der Waals surface area contributed by atoms with E-state index in [9.17, 15) is 8.42 Å². The van der Waals surface area contributed by atoms with Crippen LogP contribution in [0.4, 0.5) is 11.4 Å². The van der Waals surface area contributed by atoms with E-state index in [-0.39, 0.29) is 10.6 Å². The Balaban J connectivity index is 2.40. The highest BCUT2D eigenvalue weighted by atomic mass is 32.2. The van der Waals surface area contributed by atoms with Gasteiger partial charge in [-0.05, 0) is 36.8 Å². The van der Waals surface area contributed by atoms with E-state index in [4.69, 9.17) is 15.7 Å². The summed E-state index contributed by atoms with van der Waals surface area (Å²) in [5.74, 6) is 0.236. The van der Waals surface area contributed by atoms with Crippen molar-refractivity contribution < 1.29 is 12.6 Å². The molecule has 5 nitrogen and oxygen atoms in total. The Hall–Kier alpha value is -2.21. The summed E-state index contributed by atoms with van der Waals surface area (Å²) < 4.78 is 29.2. The molecule has 0 amide bonds. The van der Waals surface area contributed by atoms with Gasteiger partial charge in [0.15, 0.2) is 0 Å². The Kier molecular flexibility index (Phi) is 3.35. The first-order valence-electron chi connectivity index (χ1n) is 5.55. The Bertz CT molecular complexity index is 674. The van der Waals surface area contributed by atoms with Crippen LogP contribution in [0.1, 0.15) is 5.56 Å². The van der Waals surface area contributed by atoms with Gasteiger partial charge in [-0.3, -0.25) is 0 Å². The molecule has 100 valence electrons. The Morgan fingerprint density at radius 3 is 2.05 bits per heavy atom. The fourth-order valence-corrected chi connectivity index (χ4v) is 2.53. The summed E-state index contributed by atoms with van der Waals surface area (Å²) in [6, 6.07) is 10.9. The van der Waals surface area contributed by atoms with Gasteiger partial charge in [0.05, 0.1) is 0 Å². The van der Waals surface area contributed by atoms with Crippen LogP contribution in [0.5, 0.6) is 5.75 Å². The summed E-state index contributed by atoms with van der Waals surface area (Å²) in [6.45, 7) is 1.72. The SMILES string of the molecule is Cc1c(N)cc(S(=O)(=O)Oc2ccccc2)cc1N. The molecule has 0 radical (unpaired) electrons. The number of hydrogen-bond acceptors (Lipinski definition) is 5. The van der Waals surface area contributed by atoms with Crippen LogP contribution >= 0.6 is 0 Å². The summed E-state index contributed by atoms with van der Waals surface area (Å²) in [6.07, 6.45) is 0. The van der Waals surface area contributed by atoms with Crippen molar-refractivity contribution in [3.8, 4) is 5.75 Å². The van der Waals surface area contributed by atoms with E-state index in [0.29, 0.717) is 16.9 Å². The quantitative estimate of drug-likeness (QED) is 0.660. The van der Waals surface area contributed by atoms with Crippen LogP contribution in [0.2, 0.25) is 0 Å². The van der Waals surface area contributed by atoms with Crippen LogP contribution in [0.3, 0.4) is 0 Å². The minimum Gasteiger partial charge on any atom is -0.398 e. The summed E-state index contributed by atoms with van der Waals surface area (Å²) in [7, 11) is -3.94. The Labute approximate surface area is 111 Å². The topological polar surface area (TPSA) is 95.4 Å². The molecule has 0 unspecified atom stereocenters. The third-order valence-corrected chi connectivity index (χ3v) is 3.92. The van der Waals surface area contributed by atoms with Crippen LogP contribution in [-0.2, 0) is 10.1 Å². The summed E-state index contributed by atoms with van der Waals surface area (Å²) in [5.41, 5.74) is 12.7. The number of nitrogens with two attached hydrogens (primary N) is 2. The first-order valence-corrected chi connectivity index (χ1v) is 6.96. The Morgan fingerprint density at radius 2 is 1.53 bits per heavy atom. The number of nitrogen functional groups attached to an aromatic ring is 2. The first-order chi connectivity index (χ1) is 8.90. The van der Waals surface area contributed by atoms with Crippen LogP contribution in [0, 0.1) is 6.92 Å². The molecule has 6 heteroatoms. The summed E-state index contributed by atoms with van der Waals surface area (Å²) in [5, 5.41) is 0. The maximum atomic E-state index is 12.1. The van der Waals surface area contributed by atoms with Gasteiger partial charge in [-0.1, -0.05) is 18.2 Å². The molecule has 0 heterocycles. The largest absolute Gasteiger partial charge is 0.398 e. The lowest BCUT2D eigenvalue weighted by Gasteiger charge is -2.10. The second-order valence-electron chi connectivity index (χ2n) is 4.08. The molecule has 0 atom stereocenters. The van der Waals surface area contributed by atoms with Gasteiger partial charge < -0.3 is 15.7 Å².